The Morgan fingerprint density at radius 3 is 2.50 bits per heavy atom. The minimum Gasteiger partial charge on any atom is -0.479 e. The number of carbonyl (C=O) groups excluding carboxylic acids is 1. The maximum atomic E-state index is 12.3. The number of hydrogen-bond acceptors (Lipinski definition) is 4. The van der Waals surface area contributed by atoms with Crippen LogP contribution in [0.1, 0.15) is 17.3 Å². The van der Waals surface area contributed by atoms with Crippen LogP contribution < -0.4 is 10.5 Å². The molecule has 0 bridgehead atoms. The van der Waals surface area contributed by atoms with Gasteiger partial charge in [-0.1, -0.05) is 0 Å². The van der Waals surface area contributed by atoms with E-state index in [1.165, 1.54) is 0 Å². The smallest absolute Gasteiger partial charge is 0.425 e. The first-order valence-electron chi connectivity index (χ1n) is 4.76. The van der Waals surface area contributed by atoms with Gasteiger partial charge in [-0.2, -0.15) is 13.2 Å². The zero-order chi connectivity index (χ0) is 13.9. The van der Waals surface area contributed by atoms with Crippen molar-refractivity contribution in [1.29, 1.82) is 0 Å². The van der Waals surface area contributed by atoms with E-state index in [1.54, 1.807) is 0 Å². The minimum atomic E-state index is -4.52. The highest BCUT2D eigenvalue weighted by atomic mass is 19.4. The second-order valence-corrected chi connectivity index (χ2v) is 3.45. The number of alkyl halides is 3. The Morgan fingerprint density at radius 1 is 1.44 bits per heavy atom. The Morgan fingerprint density at radius 2 is 2.06 bits per heavy atom. The highest BCUT2D eigenvalue weighted by molar-refractivity contribution is 5.95. The number of carbonyl (C=O) groups is 1. The minimum absolute atomic E-state index is 0.116. The van der Waals surface area contributed by atoms with E-state index >= 15 is 0 Å². The molecule has 1 atom stereocenters. The fraction of sp³-hybridized carbons (Fsp3) is 0.300. The van der Waals surface area contributed by atoms with Crippen LogP contribution in [0.25, 0.3) is 0 Å². The first kappa shape index (κ1) is 13.9. The van der Waals surface area contributed by atoms with Gasteiger partial charge in [-0.25, -0.2) is 0 Å². The lowest BCUT2D eigenvalue weighted by molar-refractivity contribution is -0.189. The topological polar surface area (TPSA) is 81.8 Å². The lowest BCUT2D eigenvalue weighted by Gasteiger charge is -2.18. The van der Waals surface area contributed by atoms with Crippen LogP contribution in [0.3, 0.4) is 0 Å². The number of nitrogen functional groups attached to an aromatic ring is 1. The summed E-state index contributed by atoms with van der Waals surface area (Å²) >= 11 is 0. The molecule has 0 aromatic heterocycles. The van der Waals surface area contributed by atoms with Gasteiger partial charge < -0.3 is 10.5 Å². The number of hydrogen-bond donors (Lipinski definition) is 1. The van der Waals surface area contributed by atoms with Gasteiger partial charge in [0.25, 0.3) is 0 Å². The summed E-state index contributed by atoms with van der Waals surface area (Å²) < 4.78 is 41.4. The molecular formula is C10H9F3N2O3. The molecule has 0 aliphatic rings. The summed E-state index contributed by atoms with van der Waals surface area (Å²) in [6.45, 7) is 0.825. The standard InChI is InChI=1S/C10H9F3N2O3/c1-5(10(11,12)13)18-8-3-2-6(4-7(8)14)9(16)15-17/h2-5H,14H2,1H3. The molecule has 1 aromatic carbocycles. The Bertz CT molecular complexity index is 474. The van der Waals surface area contributed by atoms with Crippen LogP contribution in [0, 0.1) is 4.91 Å². The van der Waals surface area contributed by atoms with Crippen LogP contribution in [0.15, 0.2) is 23.4 Å². The zero-order valence-corrected chi connectivity index (χ0v) is 9.19. The molecule has 0 saturated carbocycles. The van der Waals surface area contributed by atoms with Crippen LogP contribution >= 0.6 is 0 Å². The molecule has 0 spiro atoms. The predicted octanol–water partition coefficient (Wildman–Crippen LogP) is 2.50. The molecule has 0 aliphatic carbocycles. The predicted molar refractivity (Wildman–Crippen MR) is 57.1 cm³/mol. The molecule has 8 heteroatoms. The molecule has 5 nitrogen and oxygen atoms in total. The lowest BCUT2D eigenvalue weighted by Crippen LogP contribution is -2.31. The van der Waals surface area contributed by atoms with Gasteiger partial charge in [-0.15, -0.1) is 4.91 Å². The summed E-state index contributed by atoms with van der Waals surface area (Å²) in [7, 11) is 0. The van der Waals surface area contributed by atoms with Crippen molar-refractivity contribution in [2.24, 2.45) is 5.18 Å². The highest BCUT2D eigenvalue weighted by Gasteiger charge is 2.38. The van der Waals surface area contributed by atoms with Crippen molar-refractivity contribution in [3.8, 4) is 5.75 Å². The van der Waals surface area contributed by atoms with Gasteiger partial charge in [0, 0.05) is 10.7 Å². The van der Waals surface area contributed by atoms with Crippen molar-refractivity contribution >= 4 is 11.6 Å². The molecule has 0 radical (unpaired) electrons. The first-order chi connectivity index (χ1) is 8.25. The van der Waals surface area contributed by atoms with Gasteiger partial charge in [0.2, 0.25) is 0 Å². The Hall–Kier alpha value is -2.12. The van der Waals surface area contributed by atoms with E-state index in [2.05, 4.69) is 9.91 Å². The molecule has 18 heavy (non-hydrogen) atoms. The molecule has 0 heterocycles. The third-order valence-electron chi connectivity index (χ3n) is 2.10. The van der Waals surface area contributed by atoms with Crippen molar-refractivity contribution in [3.05, 3.63) is 28.7 Å². The van der Waals surface area contributed by atoms with Gasteiger partial charge in [-0.3, -0.25) is 4.79 Å². The number of rotatable bonds is 3. The molecule has 1 aromatic rings. The van der Waals surface area contributed by atoms with Crippen LogP contribution in [-0.2, 0) is 0 Å². The third-order valence-corrected chi connectivity index (χ3v) is 2.10. The normalized spacial score (nSPS) is 12.9. The Labute approximate surface area is 99.7 Å². The zero-order valence-electron chi connectivity index (χ0n) is 9.19. The van der Waals surface area contributed by atoms with Crippen molar-refractivity contribution in [3.63, 3.8) is 0 Å². The molecule has 0 aliphatic heterocycles. The lowest BCUT2D eigenvalue weighted by atomic mass is 10.2. The Kier molecular flexibility index (Phi) is 3.89. The number of nitrogens with zero attached hydrogens (tertiary/aromatic N) is 1. The Balaban J connectivity index is 2.93. The van der Waals surface area contributed by atoms with E-state index in [1.807, 2.05) is 0 Å². The van der Waals surface area contributed by atoms with Gasteiger partial charge >= 0.3 is 12.1 Å². The van der Waals surface area contributed by atoms with E-state index in [9.17, 15) is 22.9 Å². The summed E-state index contributed by atoms with van der Waals surface area (Å²) in [6, 6.07) is 3.22. The van der Waals surface area contributed by atoms with Crippen molar-refractivity contribution in [2.75, 3.05) is 5.73 Å². The molecule has 0 saturated heterocycles. The number of nitrogens with two attached hydrogens (primary N) is 1. The van der Waals surface area contributed by atoms with Crippen molar-refractivity contribution in [2.45, 2.75) is 19.2 Å². The summed E-state index contributed by atoms with van der Waals surface area (Å²) in [6.07, 6.45) is -6.56. The van der Waals surface area contributed by atoms with E-state index in [4.69, 9.17) is 5.73 Å². The molecule has 1 unspecified atom stereocenters. The number of benzene rings is 1. The average molecular weight is 262 g/mol. The van der Waals surface area contributed by atoms with Gasteiger partial charge in [0.15, 0.2) is 6.10 Å². The number of ether oxygens (including phenoxy) is 1. The number of anilines is 1. The van der Waals surface area contributed by atoms with E-state index in [-0.39, 0.29) is 17.0 Å². The van der Waals surface area contributed by atoms with Crippen molar-refractivity contribution in [1.82, 2.24) is 0 Å². The molecular weight excluding hydrogens is 253 g/mol. The summed E-state index contributed by atoms with van der Waals surface area (Å²) in [5, 5.41) is 2.16. The summed E-state index contributed by atoms with van der Waals surface area (Å²) in [4.78, 5) is 20.9. The maximum absolute atomic E-state index is 12.3. The fourth-order valence-electron chi connectivity index (χ4n) is 1.10. The number of halogens is 3. The van der Waals surface area contributed by atoms with Gasteiger partial charge in [0.1, 0.15) is 5.75 Å². The van der Waals surface area contributed by atoms with Crippen LogP contribution in [0.5, 0.6) is 5.75 Å². The van der Waals surface area contributed by atoms with E-state index < -0.39 is 18.2 Å². The van der Waals surface area contributed by atoms with Crippen LogP contribution in [-0.4, -0.2) is 18.2 Å². The third kappa shape index (κ3) is 3.19. The number of amides is 1. The second-order valence-electron chi connectivity index (χ2n) is 3.45. The molecule has 98 valence electrons. The SMILES string of the molecule is CC(Oc1ccc(C(=O)N=O)cc1N)C(F)(F)F. The molecule has 1 amide bonds. The van der Waals surface area contributed by atoms with E-state index in [0.29, 0.717) is 0 Å². The average Bonchev–Trinajstić information content (AvgIpc) is 2.29. The monoisotopic (exact) mass is 262 g/mol. The summed E-state index contributed by atoms with van der Waals surface area (Å²) in [5.74, 6) is -1.28. The second kappa shape index (κ2) is 5.03. The fourth-order valence-corrected chi connectivity index (χ4v) is 1.10. The van der Waals surface area contributed by atoms with Crippen molar-refractivity contribution < 1.29 is 22.7 Å². The van der Waals surface area contributed by atoms with Gasteiger partial charge in [0.05, 0.1) is 5.69 Å². The summed E-state index contributed by atoms with van der Waals surface area (Å²) in [5.41, 5.74) is 5.12. The number of nitroso groups, excluding NO2 is 1. The van der Waals surface area contributed by atoms with E-state index in [0.717, 1.165) is 25.1 Å². The largest absolute Gasteiger partial charge is 0.479 e. The maximum Gasteiger partial charge on any atom is 0.425 e. The van der Waals surface area contributed by atoms with Crippen LogP contribution in [0.2, 0.25) is 0 Å². The molecule has 2 N–H and O–H groups in total. The molecule has 1 rings (SSSR count). The quantitative estimate of drug-likeness (QED) is 0.670. The van der Waals surface area contributed by atoms with Crippen LogP contribution in [0.4, 0.5) is 18.9 Å². The van der Waals surface area contributed by atoms with Gasteiger partial charge in [-0.05, 0) is 25.1 Å². The first-order valence-corrected chi connectivity index (χ1v) is 4.76. The molecule has 0 fully saturated rings. The highest BCUT2D eigenvalue weighted by Crippen LogP contribution is 2.29.